The van der Waals surface area contributed by atoms with E-state index >= 15 is 0 Å². The lowest BCUT2D eigenvalue weighted by molar-refractivity contribution is -0.137. The second-order valence-electron chi connectivity index (χ2n) is 3.84. The van der Waals surface area contributed by atoms with E-state index in [0.717, 1.165) is 29.5 Å². The largest absolute Gasteiger partial charge is 0.416 e. The molecule has 1 aromatic carbocycles. The molecule has 0 bridgehead atoms. The van der Waals surface area contributed by atoms with Gasteiger partial charge < -0.3 is 0 Å². The molecule has 0 saturated carbocycles. The highest BCUT2D eigenvalue weighted by molar-refractivity contribution is 5.39. The Kier molecular flexibility index (Phi) is 3.42. The highest BCUT2D eigenvalue weighted by atomic mass is 19.4. The average Bonchev–Trinajstić information content (AvgIpc) is 2.09. The Labute approximate surface area is 88.1 Å². The minimum absolute atomic E-state index is 0.544. The van der Waals surface area contributed by atoms with Crippen molar-refractivity contribution >= 4 is 0 Å². The molecule has 0 radical (unpaired) electrons. The van der Waals surface area contributed by atoms with Gasteiger partial charge in [0.15, 0.2) is 0 Å². The van der Waals surface area contributed by atoms with Crippen molar-refractivity contribution in [3.05, 3.63) is 34.4 Å². The smallest absolute Gasteiger partial charge is 0.166 e. The normalized spacial score (nSPS) is 11.9. The van der Waals surface area contributed by atoms with Crippen molar-refractivity contribution in [2.75, 3.05) is 0 Å². The number of rotatable bonds is 2. The Hall–Kier alpha value is -0.990. The third-order valence-electron chi connectivity index (χ3n) is 2.52. The van der Waals surface area contributed by atoms with E-state index in [1.165, 1.54) is 12.1 Å². The van der Waals surface area contributed by atoms with E-state index in [-0.39, 0.29) is 0 Å². The summed E-state index contributed by atoms with van der Waals surface area (Å²) in [6, 6.07) is 2.47. The summed E-state index contributed by atoms with van der Waals surface area (Å²) in [7, 11) is 0. The number of hydrogen-bond donors (Lipinski definition) is 0. The summed E-state index contributed by atoms with van der Waals surface area (Å²) in [4.78, 5) is 0. The molecule has 0 aliphatic heterocycles. The first-order valence-electron chi connectivity index (χ1n) is 5.03. The van der Waals surface area contributed by atoms with E-state index in [9.17, 15) is 13.2 Å². The summed E-state index contributed by atoms with van der Waals surface area (Å²) in [5.41, 5.74) is 1.98. The van der Waals surface area contributed by atoms with Crippen LogP contribution in [0.2, 0.25) is 0 Å². The number of aryl methyl sites for hydroxylation is 2. The van der Waals surface area contributed by atoms with Gasteiger partial charge in [0, 0.05) is 0 Å². The monoisotopic (exact) mass is 216 g/mol. The lowest BCUT2D eigenvalue weighted by atomic mass is 9.96. The van der Waals surface area contributed by atoms with Gasteiger partial charge in [0.2, 0.25) is 0 Å². The zero-order valence-electron chi connectivity index (χ0n) is 9.20. The van der Waals surface area contributed by atoms with Gasteiger partial charge in [-0.25, -0.2) is 0 Å². The summed E-state index contributed by atoms with van der Waals surface area (Å²) >= 11 is 0. The molecule has 0 saturated heterocycles. The molecule has 0 amide bonds. The van der Waals surface area contributed by atoms with Crippen molar-refractivity contribution < 1.29 is 13.2 Å². The highest BCUT2D eigenvalue weighted by Gasteiger charge is 2.31. The predicted molar refractivity (Wildman–Crippen MR) is 54.9 cm³/mol. The van der Waals surface area contributed by atoms with Crippen molar-refractivity contribution in [2.24, 2.45) is 0 Å². The van der Waals surface area contributed by atoms with Gasteiger partial charge in [0.1, 0.15) is 0 Å². The van der Waals surface area contributed by atoms with Crippen LogP contribution in [0.4, 0.5) is 13.2 Å². The minimum atomic E-state index is -4.24. The lowest BCUT2D eigenvalue weighted by Crippen LogP contribution is -2.07. The van der Waals surface area contributed by atoms with Crippen molar-refractivity contribution in [1.82, 2.24) is 0 Å². The summed E-state index contributed by atoms with van der Waals surface area (Å²) < 4.78 is 37.4. The highest BCUT2D eigenvalue weighted by Crippen LogP contribution is 2.32. The maximum Gasteiger partial charge on any atom is 0.416 e. The first-order valence-corrected chi connectivity index (χ1v) is 5.03. The molecule has 0 atom stereocenters. The SMILES string of the molecule is CCCc1c(C)cc(C(F)(F)F)cc1C. The Balaban J connectivity index is 3.19. The summed E-state index contributed by atoms with van der Waals surface area (Å²) in [6.07, 6.45) is -2.44. The molecule has 0 aromatic heterocycles. The maximum absolute atomic E-state index is 12.5. The Morgan fingerprint density at radius 2 is 1.53 bits per heavy atom. The van der Waals surface area contributed by atoms with Crippen LogP contribution in [-0.4, -0.2) is 0 Å². The third kappa shape index (κ3) is 2.74. The Morgan fingerprint density at radius 3 is 1.87 bits per heavy atom. The quantitative estimate of drug-likeness (QED) is 0.692. The molecular formula is C12H15F3. The molecule has 0 aliphatic rings. The van der Waals surface area contributed by atoms with Gasteiger partial charge in [-0.05, 0) is 49.1 Å². The van der Waals surface area contributed by atoms with Crippen LogP contribution in [-0.2, 0) is 12.6 Å². The number of hydrogen-bond acceptors (Lipinski definition) is 0. The Morgan fingerprint density at radius 1 is 1.07 bits per heavy atom. The fourth-order valence-corrected chi connectivity index (χ4v) is 1.80. The van der Waals surface area contributed by atoms with Crippen LogP contribution in [0.1, 0.15) is 35.6 Å². The van der Waals surface area contributed by atoms with Gasteiger partial charge in [0.05, 0.1) is 5.56 Å². The number of benzene rings is 1. The van der Waals surface area contributed by atoms with Crippen molar-refractivity contribution in [2.45, 2.75) is 39.8 Å². The van der Waals surface area contributed by atoms with Crippen molar-refractivity contribution in [3.63, 3.8) is 0 Å². The van der Waals surface area contributed by atoms with Crippen LogP contribution in [0, 0.1) is 13.8 Å². The minimum Gasteiger partial charge on any atom is -0.166 e. The molecular weight excluding hydrogens is 201 g/mol. The molecule has 84 valence electrons. The third-order valence-corrected chi connectivity index (χ3v) is 2.52. The van der Waals surface area contributed by atoms with Crippen LogP contribution in [0.3, 0.4) is 0 Å². The van der Waals surface area contributed by atoms with Crippen LogP contribution in [0.5, 0.6) is 0 Å². The van der Waals surface area contributed by atoms with Gasteiger partial charge in [-0.3, -0.25) is 0 Å². The van der Waals surface area contributed by atoms with Gasteiger partial charge in [-0.15, -0.1) is 0 Å². The van der Waals surface area contributed by atoms with Gasteiger partial charge in [-0.1, -0.05) is 13.3 Å². The standard InChI is InChI=1S/C12H15F3/c1-4-5-11-8(2)6-10(7-9(11)3)12(13,14)15/h6-7H,4-5H2,1-3H3. The van der Waals surface area contributed by atoms with Crippen molar-refractivity contribution in [1.29, 1.82) is 0 Å². The summed E-state index contributed by atoms with van der Waals surface area (Å²) in [6.45, 7) is 5.51. The average molecular weight is 216 g/mol. The zero-order chi connectivity index (χ0) is 11.6. The lowest BCUT2D eigenvalue weighted by Gasteiger charge is -2.13. The van der Waals surface area contributed by atoms with Gasteiger partial charge in [-0.2, -0.15) is 13.2 Å². The predicted octanol–water partition coefficient (Wildman–Crippen LogP) is 4.27. The molecule has 3 heteroatoms. The van der Waals surface area contributed by atoms with Crippen molar-refractivity contribution in [3.8, 4) is 0 Å². The molecule has 15 heavy (non-hydrogen) atoms. The van der Waals surface area contributed by atoms with E-state index in [0.29, 0.717) is 0 Å². The molecule has 0 nitrogen and oxygen atoms in total. The van der Waals surface area contributed by atoms with Crippen LogP contribution in [0.15, 0.2) is 12.1 Å². The van der Waals surface area contributed by atoms with E-state index in [2.05, 4.69) is 0 Å². The molecule has 1 rings (SSSR count). The molecule has 0 aliphatic carbocycles. The Bertz CT molecular complexity index is 327. The molecule has 0 fully saturated rings. The molecule has 0 N–H and O–H groups in total. The second-order valence-corrected chi connectivity index (χ2v) is 3.84. The first kappa shape index (κ1) is 12.1. The fraction of sp³-hybridized carbons (Fsp3) is 0.500. The molecule has 0 unspecified atom stereocenters. The fourth-order valence-electron chi connectivity index (χ4n) is 1.80. The second kappa shape index (κ2) is 4.25. The van der Waals surface area contributed by atoms with E-state index in [4.69, 9.17) is 0 Å². The summed E-state index contributed by atoms with van der Waals surface area (Å²) in [5, 5.41) is 0. The molecule has 0 spiro atoms. The van der Waals surface area contributed by atoms with E-state index in [1.807, 2.05) is 6.92 Å². The van der Waals surface area contributed by atoms with E-state index < -0.39 is 11.7 Å². The van der Waals surface area contributed by atoms with Crippen LogP contribution in [0.25, 0.3) is 0 Å². The zero-order valence-corrected chi connectivity index (χ0v) is 9.20. The maximum atomic E-state index is 12.5. The van der Waals surface area contributed by atoms with Gasteiger partial charge >= 0.3 is 6.18 Å². The molecule has 1 aromatic rings. The summed E-state index contributed by atoms with van der Waals surface area (Å²) in [5.74, 6) is 0. The van der Waals surface area contributed by atoms with E-state index in [1.54, 1.807) is 13.8 Å². The molecule has 0 heterocycles. The number of alkyl halides is 3. The van der Waals surface area contributed by atoms with Gasteiger partial charge in [0.25, 0.3) is 0 Å². The first-order chi connectivity index (χ1) is 6.86. The topological polar surface area (TPSA) is 0 Å². The number of halogens is 3. The van der Waals surface area contributed by atoms with Crippen LogP contribution >= 0.6 is 0 Å². The van der Waals surface area contributed by atoms with Crippen LogP contribution < -0.4 is 0 Å².